The van der Waals surface area contributed by atoms with E-state index in [9.17, 15) is 10.2 Å². The molecule has 1 atom stereocenters. The van der Waals surface area contributed by atoms with Crippen LogP contribution in [0.4, 0.5) is 0 Å². The molecule has 150 valence electrons. The molecule has 6 rings (SSSR count). The van der Waals surface area contributed by atoms with E-state index >= 15 is 0 Å². The van der Waals surface area contributed by atoms with Crippen molar-refractivity contribution in [1.29, 1.82) is 0 Å². The van der Waals surface area contributed by atoms with Crippen LogP contribution < -0.4 is 4.74 Å². The number of ether oxygens (including phenoxy) is 1. The highest BCUT2D eigenvalue weighted by atomic mass is 16.5. The molecule has 5 aromatic rings. The first kappa shape index (κ1) is 17.4. The quantitative estimate of drug-likeness (QED) is 0.447. The first-order chi connectivity index (χ1) is 15.2. The van der Waals surface area contributed by atoms with Gasteiger partial charge in [-0.15, -0.1) is 5.10 Å². The second-order valence-electron chi connectivity index (χ2n) is 7.23. The zero-order valence-corrected chi connectivity index (χ0v) is 16.0. The van der Waals surface area contributed by atoms with Crippen molar-refractivity contribution in [2.45, 2.75) is 5.92 Å². The van der Waals surface area contributed by atoms with E-state index in [0.717, 1.165) is 16.7 Å². The smallest absolute Gasteiger partial charge is 0.228 e. The van der Waals surface area contributed by atoms with Crippen LogP contribution in [0, 0.1) is 0 Å². The summed E-state index contributed by atoms with van der Waals surface area (Å²) in [4.78, 5) is 13.5. The minimum absolute atomic E-state index is 0.0983. The van der Waals surface area contributed by atoms with Crippen molar-refractivity contribution in [3.8, 4) is 34.5 Å². The molecular formula is C23H15N5O3. The van der Waals surface area contributed by atoms with E-state index in [1.54, 1.807) is 47.2 Å². The number of fused-ring (bicyclic) bond motifs is 4. The summed E-state index contributed by atoms with van der Waals surface area (Å²) in [5.41, 5.74) is 3.62. The van der Waals surface area contributed by atoms with Gasteiger partial charge in [0.15, 0.2) is 11.5 Å². The Kier molecular flexibility index (Phi) is 3.66. The number of hydrogen-bond acceptors (Lipinski definition) is 7. The molecule has 0 bridgehead atoms. The van der Waals surface area contributed by atoms with Crippen LogP contribution in [0.2, 0.25) is 0 Å². The van der Waals surface area contributed by atoms with Gasteiger partial charge in [0.05, 0.1) is 11.1 Å². The Balaban J connectivity index is 1.63. The molecule has 2 aromatic carbocycles. The number of pyridine rings is 1. The lowest BCUT2D eigenvalue weighted by Gasteiger charge is -2.27. The third kappa shape index (κ3) is 2.69. The van der Waals surface area contributed by atoms with Gasteiger partial charge < -0.3 is 14.9 Å². The first-order valence-electron chi connectivity index (χ1n) is 9.63. The van der Waals surface area contributed by atoms with Gasteiger partial charge >= 0.3 is 0 Å². The van der Waals surface area contributed by atoms with Crippen molar-refractivity contribution in [2.24, 2.45) is 0 Å². The lowest BCUT2D eigenvalue weighted by atomic mass is 9.84. The molecule has 0 radical (unpaired) electrons. The predicted molar refractivity (Wildman–Crippen MR) is 111 cm³/mol. The summed E-state index contributed by atoms with van der Waals surface area (Å²) < 4.78 is 7.62. The summed E-state index contributed by atoms with van der Waals surface area (Å²) in [5, 5.41) is 24.7. The molecule has 2 N–H and O–H groups in total. The predicted octanol–water partition coefficient (Wildman–Crippen LogP) is 3.88. The largest absolute Gasteiger partial charge is 0.508 e. The monoisotopic (exact) mass is 409 g/mol. The normalized spacial score (nSPS) is 14.6. The zero-order valence-electron chi connectivity index (χ0n) is 16.0. The standard InChI is InChI=1S/C23H15N5O3/c29-14-7-8-16-18(10-14)31-23-20(19(16)13-4-3-9-24-11-13)22-26-21(27-28(22)12-25-23)15-5-1-2-6-17(15)30/h1-12,19,29-30H/t19-/m0/s1. The first-order valence-corrected chi connectivity index (χ1v) is 9.63. The van der Waals surface area contributed by atoms with Crippen molar-refractivity contribution >= 4 is 5.65 Å². The molecule has 3 aromatic heterocycles. The third-order valence-corrected chi connectivity index (χ3v) is 5.35. The highest BCUT2D eigenvalue weighted by Gasteiger charge is 2.33. The van der Waals surface area contributed by atoms with Crippen molar-refractivity contribution in [1.82, 2.24) is 24.6 Å². The van der Waals surface area contributed by atoms with Gasteiger partial charge in [-0.3, -0.25) is 4.98 Å². The molecule has 8 heteroatoms. The highest BCUT2D eigenvalue weighted by Crippen LogP contribution is 2.48. The Hall–Kier alpha value is -4.46. The molecule has 31 heavy (non-hydrogen) atoms. The average molecular weight is 409 g/mol. The van der Waals surface area contributed by atoms with Gasteiger partial charge in [0.1, 0.15) is 23.6 Å². The van der Waals surface area contributed by atoms with Gasteiger partial charge in [-0.25, -0.2) is 14.5 Å². The maximum atomic E-state index is 10.3. The Labute approximate surface area is 176 Å². The van der Waals surface area contributed by atoms with E-state index in [0.29, 0.717) is 28.7 Å². The summed E-state index contributed by atoms with van der Waals surface area (Å²) in [6.07, 6.45) is 5.03. The van der Waals surface area contributed by atoms with E-state index in [2.05, 4.69) is 15.1 Å². The number of phenols is 2. The maximum absolute atomic E-state index is 10.3. The van der Waals surface area contributed by atoms with Gasteiger partial charge in [-0.1, -0.05) is 24.3 Å². The van der Waals surface area contributed by atoms with E-state index < -0.39 is 0 Å². The second kappa shape index (κ2) is 6.53. The van der Waals surface area contributed by atoms with Crippen LogP contribution in [0.25, 0.3) is 17.0 Å². The van der Waals surface area contributed by atoms with Crippen LogP contribution >= 0.6 is 0 Å². The second-order valence-corrected chi connectivity index (χ2v) is 7.23. The van der Waals surface area contributed by atoms with Crippen LogP contribution in [-0.2, 0) is 0 Å². The third-order valence-electron chi connectivity index (χ3n) is 5.35. The van der Waals surface area contributed by atoms with Crippen LogP contribution in [-0.4, -0.2) is 34.8 Å². The van der Waals surface area contributed by atoms with Crippen molar-refractivity contribution in [3.05, 3.63) is 90.0 Å². The molecule has 0 spiro atoms. The van der Waals surface area contributed by atoms with E-state index in [1.165, 1.54) is 6.33 Å². The zero-order chi connectivity index (χ0) is 20.9. The molecule has 0 amide bonds. The van der Waals surface area contributed by atoms with Gasteiger partial charge in [0.25, 0.3) is 0 Å². The van der Waals surface area contributed by atoms with E-state index in [-0.39, 0.29) is 17.4 Å². The average Bonchev–Trinajstić information content (AvgIpc) is 3.22. The highest BCUT2D eigenvalue weighted by molar-refractivity contribution is 5.70. The summed E-state index contributed by atoms with van der Waals surface area (Å²) >= 11 is 0. The number of benzene rings is 2. The van der Waals surface area contributed by atoms with Gasteiger partial charge in [0.2, 0.25) is 5.88 Å². The molecule has 1 aliphatic heterocycles. The lowest BCUT2D eigenvalue weighted by molar-refractivity contribution is 0.422. The molecular weight excluding hydrogens is 394 g/mol. The fourth-order valence-electron chi connectivity index (χ4n) is 3.97. The minimum atomic E-state index is -0.273. The van der Waals surface area contributed by atoms with Gasteiger partial charge in [-0.05, 0) is 29.8 Å². The number of hydrogen-bond donors (Lipinski definition) is 2. The number of rotatable bonds is 2. The number of para-hydroxylation sites is 1. The molecule has 0 fully saturated rings. The fraction of sp³-hybridized carbons (Fsp3) is 0.0435. The molecule has 1 aliphatic rings. The summed E-state index contributed by atoms with van der Waals surface area (Å²) in [5.74, 6) is 1.23. The van der Waals surface area contributed by atoms with Crippen LogP contribution in [0.1, 0.15) is 22.6 Å². The van der Waals surface area contributed by atoms with Gasteiger partial charge in [0, 0.05) is 29.9 Å². The minimum Gasteiger partial charge on any atom is -0.508 e. The van der Waals surface area contributed by atoms with E-state index in [1.807, 2.05) is 24.3 Å². The van der Waals surface area contributed by atoms with E-state index in [4.69, 9.17) is 9.72 Å². The van der Waals surface area contributed by atoms with Crippen molar-refractivity contribution < 1.29 is 14.9 Å². The fourth-order valence-corrected chi connectivity index (χ4v) is 3.97. The SMILES string of the molecule is Oc1ccc2c(c1)Oc1ncn3nc(-c4ccccc4O)nc3c1[C@H]2c1cccnc1. The summed E-state index contributed by atoms with van der Waals surface area (Å²) in [6.45, 7) is 0. The molecule has 4 heterocycles. The molecule has 0 unspecified atom stereocenters. The Morgan fingerprint density at radius 1 is 1.00 bits per heavy atom. The molecule has 0 saturated heterocycles. The number of phenolic OH excluding ortho intramolecular Hbond substituents is 2. The van der Waals surface area contributed by atoms with Crippen molar-refractivity contribution in [2.75, 3.05) is 0 Å². The van der Waals surface area contributed by atoms with Crippen LogP contribution in [0.3, 0.4) is 0 Å². The summed E-state index contributed by atoms with van der Waals surface area (Å²) in [6, 6.07) is 15.8. The van der Waals surface area contributed by atoms with Crippen molar-refractivity contribution in [3.63, 3.8) is 0 Å². The summed E-state index contributed by atoms with van der Waals surface area (Å²) in [7, 11) is 0. The molecule has 0 aliphatic carbocycles. The molecule has 8 nitrogen and oxygen atoms in total. The maximum Gasteiger partial charge on any atom is 0.228 e. The number of aromatic hydroxyl groups is 2. The lowest BCUT2D eigenvalue weighted by Crippen LogP contribution is -2.15. The van der Waals surface area contributed by atoms with Crippen LogP contribution in [0.15, 0.2) is 73.3 Å². The topological polar surface area (TPSA) is 106 Å². The Bertz CT molecular complexity index is 1450. The molecule has 0 saturated carbocycles. The Morgan fingerprint density at radius 3 is 2.74 bits per heavy atom. The Morgan fingerprint density at radius 2 is 1.90 bits per heavy atom. The number of aromatic nitrogens is 5. The number of nitrogens with zero attached hydrogens (tertiary/aromatic N) is 5. The van der Waals surface area contributed by atoms with Crippen LogP contribution in [0.5, 0.6) is 23.1 Å². The van der Waals surface area contributed by atoms with Gasteiger partial charge in [-0.2, -0.15) is 0 Å².